The molecule has 0 saturated heterocycles. The van der Waals surface area contributed by atoms with Crippen LogP contribution >= 0.6 is 23.4 Å². The van der Waals surface area contributed by atoms with Crippen molar-refractivity contribution in [1.82, 2.24) is 0 Å². The van der Waals surface area contributed by atoms with Gasteiger partial charge in [-0.15, -0.1) is 0 Å². The number of benzene rings is 2. The predicted octanol–water partition coefficient (Wildman–Crippen LogP) is 5.05. The number of hydrogen-bond acceptors (Lipinski definition) is 2. The zero-order chi connectivity index (χ0) is 15.4. The molecule has 0 aliphatic carbocycles. The zero-order valence-corrected chi connectivity index (χ0v) is 13.1. The fourth-order valence-electron chi connectivity index (χ4n) is 1.91. The Bertz CT molecular complexity index is 610. The second kappa shape index (κ2) is 7.25. The average Bonchev–Trinajstić information content (AvgIpc) is 2.44. The maximum Gasteiger partial charge on any atom is 0.140 e. The maximum atomic E-state index is 14.1. The molecule has 1 nitrogen and oxygen atoms in total. The maximum absolute atomic E-state index is 14.1. The second-order valence-electron chi connectivity index (χ2n) is 4.79. The lowest BCUT2D eigenvalue weighted by molar-refractivity contribution is 0.533. The summed E-state index contributed by atoms with van der Waals surface area (Å²) in [6, 6.07) is 9.56. The number of halogens is 3. The van der Waals surface area contributed by atoms with E-state index in [2.05, 4.69) is 0 Å². The fourth-order valence-corrected chi connectivity index (χ4v) is 3.01. The highest BCUT2D eigenvalue weighted by Gasteiger charge is 2.15. The van der Waals surface area contributed by atoms with Crippen LogP contribution in [0.1, 0.15) is 18.9 Å². The largest absolute Gasteiger partial charge is 0.327 e. The van der Waals surface area contributed by atoms with Crippen LogP contribution in [0.5, 0.6) is 0 Å². The van der Waals surface area contributed by atoms with Crippen LogP contribution < -0.4 is 5.73 Å². The van der Waals surface area contributed by atoms with E-state index in [1.165, 1.54) is 12.1 Å². The molecular formula is C16H16ClF2NS. The minimum Gasteiger partial charge on any atom is -0.327 e. The Balaban J connectivity index is 2.27. The Kier molecular flexibility index (Phi) is 5.62. The molecule has 0 radical (unpaired) electrons. The van der Waals surface area contributed by atoms with Crippen molar-refractivity contribution in [2.75, 3.05) is 0 Å². The van der Waals surface area contributed by atoms with Gasteiger partial charge >= 0.3 is 0 Å². The second-order valence-corrected chi connectivity index (χ2v) is 6.25. The van der Waals surface area contributed by atoms with E-state index in [1.54, 1.807) is 24.3 Å². The third kappa shape index (κ3) is 4.19. The molecule has 2 N–H and O–H groups in total. The lowest BCUT2D eigenvalue weighted by Crippen LogP contribution is -2.21. The lowest BCUT2D eigenvalue weighted by atomic mass is 10.0. The topological polar surface area (TPSA) is 26.0 Å². The summed E-state index contributed by atoms with van der Waals surface area (Å²) in [6.07, 6.45) is 1.22. The molecule has 2 aromatic rings. The molecule has 0 aromatic heterocycles. The molecule has 0 fully saturated rings. The quantitative estimate of drug-likeness (QED) is 0.831. The van der Waals surface area contributed by atoms with Gasteiger partial charge in [0.2, 0.25) is 0 Å². The molecule has 0 heterocycles. The molecule has 2 rings (SSSR count). The molecule has 2 aromatic carbocycles. The smallest absolute Gasteiger partial charge is 0.140 e. The summed E-state index contributed by atoms with van der Waals surface area (Å²) < 4.78 is 28.3. The first kappa shape index (κ1) is 16.3. The van der Waals surface area contributed by atoms with Crippen molar-refractivity contribution in [2.24, 2.45) is 5.73 Å². The highest BCUT2D eigenvalue weighted by atomic mass is 35.5. The van der Waals surface area contributed by atoms with Crippen molar-refractivity contribution >= 4 is 23.4 Å². The summed E-state index contributed by atoms with van der Waals surface area (Å²) in [6.45, 7) is 1.94. The van der Waals surface area contributed by atoms with Crippen molar-refractivity contribution in [1.29, 1.82) is 0 Å². The van der Waals surface area contributed by atoms with Crippen molar-refractivity contribution < 1.29 is 8.78 Å². The summed E-state index contributed by atoms with van der Waals surface area (Å²) in [5, 5.41) is 0.471. The number of rotatable bonds is 5. The molecule has 1 atom stereocenters. The minimum absolute atomic E-state index is 0.0445. The molecule has 21 heavy (non-hydrogen) atoms. The van der Waals surface area contributed by atoms with Crippen molar-refractivity contribution in [3.8, 4) is 0 Å². The van der Waals surface area contributed by atoms with E-state index < -0.39 is 11.6 Å². The van der Waals surface area contributed by atoms with E-state index in [9.17, 15) is 8.78 Å². The van der Waals surface area contributed by atoms with Gasteiger partial charge in [-0.25, -0.2) is 8.78 Å². The Hall–Kier alpha value is -1.10. The lowest BCUT2D eigenvalue weighted by Gasteiger charge is -2.11. The fraction of sp³-hybridized carbons (Fsp3) is 0.250. The Labute approximate surface area is 132 Å². The average molecular weight is 328 g/mol. The predicted molar refractivity (Wildman–Crippen MR) is 83.9 cm³/mol. The third-order valence-electron chi connectivity index (χ3n) is 3.13. The molecule has 0 spiro atoms. The zero-order valence-electron chi connectivity index (χ0n) is 11.6. The van der Waals surface area contributed by atoms with Crippen molar-refractivity contribution in [3.05, 3.63) is 58.6 Å². The van der Waals surface area contributed by atoms with Gasteiger partial charge in [0.05, 0.1) is 9.92 Å². The van der Waals surface area contributed by atoms with E-state index in [0.29, 0.717) is 21.9 Å². The van der Waals surface area contributed by atoms with Crippen LogP contribution in [-0.2, 0) is 6.42 Å². The van der Waals surface area contributed by atoms with Crippen LogP contribution in [0.3, 0.4) is 0 Å². The molecule has 0 aliphatic rings. The van der Waals surface area contributed by atoms with Crippen LogP contribution in [0.2, 0.25) is 5.02 Å². The molecule has 0 amide bonds. The van der Waals surface area contributed by atoms with Gasteiger partial charge in [-0.1, -0.05) is 42.4 Å². The normalized spacial score (nSPS) is 12.4. The molecule has 1 unspecified atom stereocenters. The van der Waals surface area contributed by atoms with E-state index in [1.807, 2.05) is 6.92 Å². The summed E-state index contributed by atoms with van der Waals surface area (Å²) in [7, 11) is 0. The van der Waals surface area contributed by atoms with Gasteiger partial charge < -0.3 is 5.73 Å². The minimum atomic E-state index is -0.585. The van der Waals surface area contributed by atoms with E-state index in [4.69, 9.17) is 17.3 Å². The van der Waals surface area contributed by atoms with Crippen LogP contribution in [0.4, 0.5) is 8.78 Å². The highest BCUT2D eigenvalue weighted by Crippen LogP contribution is 2.36. The number of hydrogen-bond donors (Lipinski definition) is 1. The molecule has 112 valence electrons. The molecular weight excluding hydrogens is 312 g/mol. The van der Waals surface area contributed by atoms with Crippen LogP contribution in [-0.4, -0.2) is 6.04 Å². The van der Waals surface area contributed by atoms with Crippen LogP contribution in [0, 0.1) is 11.6 Å². The summed E-state index contributed by atoms with van der Waals surface area (Å²) in [4.78, 5) is 0.576. The van der Waals surface area contributed by atoms with Gasteiger partial charge in [0.1, 0.15) is 11.6 Å². The van der Waals surface area contributed by atoms with E-state index in [-0.39, 0.29) is 10.9 Å². The van der Waals surface area contributed by atoms with Gasteiger partial charge in [0.15, 0.2) is 0 Å². The first-order chi connectivity index (χ1) is 10.0. The van der Waals surface area contributed by atoms with Crippen molar-refractivity contribution in [2.45, 2.75) is 35.6 Å². The Morgan fingerprint density at radius 3 is 2.38 bits per heavy atom. The molecule has 0 saturated carbocycles. The monoisotopic (exact) mass is 327 g/mol. The van der Waals surface area contributed by atoms with Gasteiger partial charge in [-0.05, 0) is 42.7 Å². The van der Waals surface area contributed by atoms with Gasteiger partial charge in [0, 0.05) is 10.9 Å². The highest BCUT2D eigenvalue weighted by molar-refractivity contribution is 7.99. The molecule has 0 bridgehead atoms. The standard InChI is InChI=1S/C16H16ClF2NS/c1-2-11(20)7-10-8-13(18)16(14(19)9-10)21-15-6-4-3-5-12(15)17/h3-6,8-9,11H,2,7,20H2,1H3. The van der Waals surface area contributed by atoms with E-state index >= 15 is 0 Å². The number of nitrogens with two attached hydrogens (primary N) is 1. The SMILES string of the molecule is CCC(N)Cc1cc(F)c(Sc2ccccc2Cl)c(F)c1. The van der Waals surface area contributed by atoms with Crippen molar-refractivity contribution in [3.63, 3.8) is 0 Å². The Morgan fingerprint density at radius 1 is 1.19 bits per heavy atom. The Morgan fingerprint density at radius 2 is 1.81 bits per heavy atom. The van der Waals surface area contributed by atoms with Gasteiger partial charge in [-0.2, -0.15) is 0 Å². The van der Waals surface area contributed by atoms with Gasteiger partial charge in [-0.3, -0.25) is 0 Å². The van der Waals surface area contributed by atoms with Crippen LogP contribution in [0.25, 0.3) is 0 Å². The van der Waals surface area contributed by atoms with E-state index in [0.717, 1.165) is 18.2 Å². The molecule has 0 aliphatic heterocycles. The van der Waals surface area contributed by atoms with Crippen LogP contribution in [0.15, 0.2) is 46.2 Å². The third-order valence-corrected chi connectivity index (χ3v) is 4.74. The van der Waals surface area contributed by atoms with Gasteiger partial charge in [0.25, 0.3) is 0 Å². The first-order valence-corrected chi connectivity index (χ1v) is 7.86. The molecule has 5 heteroatoms. The summed E-state index contributed by atoms with van der Waals surface area (Å²) >= 11 is 7.00. The first-order valence-electron chi connectivity index (χ1n) is 6.67. The summed E-state index contributed by atoms with van der Waals surface area (Å²) in [5.41, 5.74) is 6.39. The summed E-state index contributed by atoms with van der Waals surface area (Å²) in [5.74, 6) is -1.17.